The number of nitrogens with zero attached hydrogens (tertiary/aromatic N) is 2. The maximum Gasteiger partial charge on any atom is 0.252 e. The lowest BCUT2D eigenvalue weighted by molar-refractivity contribution is -0.0272. The average Bonchev–Trinajstić information content (AvgIpc) is 2.72. The highest BCUT2D eigenvalue weighted by atomic mass is 16.5. The molecular formula is C22H23N3O2. The maximum absolute atomic E-state index is 12.8. The standard InChI is InChI=1S/C22H23N3O2/c1-15-4-6-16(7-5-15)21-17(3-2-12-27-21)13-25-22(26)18-8-11-24-20-9-10-23-14-19(18)20/h4-11,14,17,21H,2-3,12-13H2,1H3,(H,25,26)/t17-,21-/m1/s1. The molecule has 4 rings (SSSR count). The highest BCUT2D eigenvalue weighted by Gasteiger charge is 2.28. The molecule has 0 aliphatic carbocycles. The Hall–Kier alpha value is -2.79. The Morgan fingerprint density at radius 3 is 2.89 bits per heavy atom. The Bertz CT molecular complexity index is 934. The number of carbonyl (C=O) groups is 1. The minimum Gasteiger partial charge on any atom is -0.373 e. The van der Waals surface area contributed by atoms with Gasteiger partial charge in [-0.15, -0.1) is 0 Å². The van der Waals surface area contributed by atoms with Crippen LogP contribution in [-0.2, 0) is 4.74 Å². The van der Waals surface area contributed by atoms with E-state index in [4.69, 9.17) is 4.74 Å². The van der Waals surface area contributed by atoms with Crippen molar-refractivity contribution in [3.8, 4) is 0 Å². The lowest BCUT2D eigenvalue weighted by Gasteiger charge is -2.32. The molecule has 1 fully saturated rings. The average molecular weight is 361 g/mol. The summed E-state index contributed by atoms with van der Waals surface area (Å²) in [6, 6.07) is 12.0. The Kier molecular flexibility index (Phi) is 5.12. The number of carbonyl (C=O) groups excluding carboxylic acids is 1. The lowest BCUT2D eigenvalue weighted by Crippen LogP contribution is -2.35. The fourth-order valence-corrected chi connectivity index (χ4v) is 3.68. The molecular weight excluding hydrogens is 338 g/mol. The summed E-state index contributed by atoms with van der Waals surface area (Å²) in [4.78, 5) is 21.2. The minimum absolute atomic E-state index is 0.0236. The molecule has 27 heavy (non-hydrogen) atoms. The third-order valence-electron chi connectivity index (χ3n) is 5.16. The number of aromatic nitrogens is 2. The van der Waals surface area contributed by atoms with E-state index < -0.39 is 0 Å². The van der Waals surface area contributed by atoms with Crippen molar-refractivity contribution >= 4 is 16.8 Å². The molecule has 2 aromatic heterocycles. The molecule has 5 nitrogen and oxygen atoms in total. The van der Waals surface area contributed by atoms with Crippen LogP contribution in [0.4, 0.5) is 0 Å². The second-order valence-electron chi connectivity index (χ2n) is 7.07. The Balaban J connectivity index is 1.49. The predicted octanol–water partition coefficient (Wildman–Crippen LogP) is 3.84. The normalized spacial score (nSPS) is 19.7. The Labute approximate surface area is 158 Å². The van der Waals surface area contributed by atoms with Crippen LogP contribution in [0.5, 0.6) is 0 Å². The zero-order chi connectivity index (χ0) is 18.6. The van der Waals surface area contributed by atoms with Crippen LogP contribution in [0.25, 0.3) is 10.9 Å². The summed E-state index contributed by atoms with van der Waals surface area (Å²) < 4.78 is 6.05. The fraction of sp³-hybridized carbons (Fsp3) is 0.318. The van der Waals surface area contributed by atoms with E-state index in [2.05, 4.69) is 46.5 Å². The first kappa shape index (κ1) is 17.6. The van der Waals surface area contributed by atoms with Gasteiger partial charge >= 0.3 is 0 Å². The first-order valence-electron chi connectivity index (χ1n) is 9.37. The van der Waals surface area contributed by atoms with E-state index in [0.717, 1.165) is 30.4 Å². The lowest BCUT2D eigenvalue weighted by atomic mass is 9.89. The van der Waals surface area contributed by atoms with Crippen molar-refractivity contribution in [2.75, 3.05) is 13.2 Å². The van der Waals surface area contributed by atoms with Gasteiger partial charge in [-0.2, -0.15) is 0 Å². The number of amides is 1. The van der Waals surface area contributed by atoms with Crippen LogP contribution < -0.4 is 5.32 Å². The summed E-state index contributed by atoms with van der Waals surface area (Å²) in [5.41, 5.74) is 3.79. The largest absolute Gasteiger partial charge is 0.373 e. The third-order valence-corrected chi connectivity index (χ3v) is 5.16. The second-order valence-corrected chi connectivity index (χ2v) is 7.07. The van der Waals surface area contributed by atoms with E-state index in [-0.39, 0.29) is 17.9 Å². The SMILES string of the molecule is Cc1ccc([C@H]2OCCC[C@@H]2CNC(=O)c2ccnc3ccncc23)cc1. The topological polar surface area (TPSA) is 64.1 Å². The van der Waals surface area contributed by atoms with E-state index in [0.29, 0.717) is 12.1 Å². The van der Waals surface area contributed by atoms with Gasteiger partial charge in [0.2, 0.25) is 0 Å². The van der Waals surface area contributed by atoms with Gasteiger partial charge in [0, 0.05) is 43.0 Å². The molecule has 1 amide bonds. The second kappa shape index (κ2) is 7.84. The number of pyridine rings is 2. The monoisotopic (exact) mass is 361 g/mol. The number of rotatable bonds is 4. The van der Waals surface area contributed by atoms with Gasteiger partial charge in [-0.1, -0.05) is 29.8 Å². The van der Waals surface area contributed by atoms with Crippen LogP contribution in [0.15, 0.2) is 55.0 Å². The van der Waals surface area contributed by atoms with E-state index >= 15 is 0 Å². The van der Waals surface area contributed by atoms with Crippen molar-refractivity contribution in [1.29, 1.82) is 0 Å². The molecule has 3 aromatic rings. The molecule has 5 heteroatoms. The Morgan fingerprint density at radius 2 is 2.04 bits per heavy atom. The molecule has 1 aromatic carbocycles. The summed E-state index contributed by atoms with van der Waals surface area (Å²) in [6.45, 7) is 3.43. The van der Waals surface area contributed by atoms with Crippen molar-refractivity contribution in [2.24, 2.45) is 5.92 Å². The zero-order valence-corrected chi connectivity index (χ0v) is 15.4. The van der Waals surface area contributed by atoms with Crippen LogP contribution in [0.3, 0.4) is 0 Å². The van der Waals surface area contributed by atoms with Gasteiger partial charge in [0.05, 0.1) is 17.2 Å². The molecule has 0 unspecified atom stereocenters. The van der Waals surface area contributed by atoms with Gasteiger partial charge in [0.25, 0.3) is 5.91 Å². The fourth-order valence-electron chi connectivity index (χ4n) is 3.68. The molecule has 0 spiro atoms. The molecule has 1 aliphatic rings. The van der Waals surface area contributed by atoms with Gasteiger partial charge in [-0.25, -0.2) is 0 Å². The number of ether oxygens (including phenoxy) is 1. The summed E-state index contributed by atoms with van der Waals surface area (Å²) in [5.74, 6) is 0.167. The van der Waals surface area contributed by atoms with E-state index in [1.807, 2.05) is 6.07 Å². The number of aryl methyl sites for hydroxylation is 1. The van der Waals surface area contributed by atoms with Crippen LogP contribution in [-0.4, -0.2) is 29.0 Å². The summed E-state index contributed by atoms with van der Waals surface area (Å²) in [5, 5.41) is 3.87. The first-order chi connectivity index (χ1) is 13.2. The Morgan fingerprint density at radius 1 is 1.19 bits per heavy atom. The predicted molar refractivity (Wildman–Crippen MR) is 104 cm³/mol. The van der Waals surface area contributed by atoms with Gasteiger partial charge < -0.3 is 10.1 Å². The van der Waals surface area contributed by atoms with Crippen LogP contribution >= 0.6 is 0 Å². The van der Waals surface area contributed by atoms with Crippen molar-refractivity contribution in [2.45, 2.75) is 25.9 Å². The van der Waals surface area contributed by atoms with E-state index in [1.165, 1.54) is 11.1 Å². The van der Waals surface area contributed by atoms with E-state index in [1.54, 1.807) is 24.7 Å². The van der Waals surface area contributed by atoms with Gasteiger partial charge in [-0.3, -0.25) is 14.8 Å². The molecule has 1 aliphatic heterocycles. The highest BCUT2D eigenvalue weighted by Crippen LogP contribution is 2.33. The summed E-state index contributed by atoms with van der Waals surface area (Å²) in [6.07, 6.45) is 7.12. The molecule has 1 saturated heterocycles. The quantitative estimate of drug-likeness (QED) is 0.767. The van der Waals surface area contributed by atoms with Gasteiger partial charge in [-0.05, 0) is 37.5 Å². The molecule has 0 radical (unpaired) electrons. The third kappa shape index (κ3) is 3.83. The van der Waals surface area contributed by atoms with Crippen molar-refractivity contribution in [3.05, 3.63) is 71.7 Å². The number of hydrogen-bond donors (Lipinski definition) is 1. The van der Waals surface area contributed by atoms with Gasteiger partial charge in [0.1, 0.15) is 0 Å². The van der Waals surface area contributed by atoms with Crippen LogP contribution in [0, 0.1) is 12.8 Å². The van der Waals surface area contributed by atoms with Crippen LogP contribution in [0.1, 0.15) is 40.4 Å². The summed E-state index contributed by atoms with van der Waals surface area (Å²) in [7, 11) is 0. The van der Waals surface area contributed by atoms with Crippen molar-refractivity contribution in [1.82, 2.24) is 15.3 Å². The van der Waals surface area contributed by atoms with Gasteiger partial charge in [0.15, 0.2) is 0 Å². The zero-order valence-electron chi connectivity index (χ0n) is 15.4. The molecule has 138 valence electrons. The maximum atomic E-state index is 12.8. The van der Waals surface area contributed by atoms with Crippen molar-refractivity contribution < 1.29 is 9.53 Å². The molecule has 0 bridgehead atoms. The number of fused-ring (bicyclic) bond motifs is 1. The molecule has 0 saturated carbocycles. The van der Waals surface area contributed by atoms with Crippen LogP contribution in [0.2, 0.25) is 0 Å². The number of nitrogens with one attached hydrogen (secondary N) is 1. The molecule has 3 heterocycles. The molecule has 1 N–H and O–H groups in total. The summed E-state index contributed by atoms with van der Waals surface area (Å²) >= 11 is 0. The highest BCUT2D eigenvalue weighted by molar-refractivity contribution is 6.05. The molecule has 2 atom stereocenters. The first-order valence-corrected chi connectivity index (χ1v) is 9.37. The minimum atomic E-state index is -0.0939. The smallest absolute Gasteiger partial charge is 0.252 e. The number of benzene rings is 1. The van der Waals surface area contributed by atoms with E-state index in [9.17, 15) is 4.79 Å². The number of hydrogen-bond acceptors (Lipinski definition) is 4. The van der Waals surface area contributed by atoms with Crippen molar-refractivity contribution in [3.63, 3.8) is 0 Å².